The van der Waals surface area contributed by atoms with Gasteiger partial charge in [-0.2, -0.15) is 13.2 Å². The quantitative estimate of drug-likeness (QED) is 0.441. The summed E-state index contributed by atoms with van der Waals surface area (Å²) in [7, 11) is 0. The number of halogens is 5. The average Bonchev–Trinajstić information content (AvgIpc) is 3.54. The van der Waals surface area contributed by atoms with Gasteiger partial charge in [-0.05, 0) is 75.9 Å². The van der Waals surface area contributed by atoms with Crippen molar-refractivity contribution in [3.8, 4) is 0 Å². The van der Waals surface area contributed by atoms with Crippen molar-refractivity contribution in [2.24, 2.45) is 0 Å². The number of amides is 4. The van der Waals surface area contributed by atoms with Crippen molar-refractivity contribution in [1.82, 2.24) is 15.5 Å². The maximum absolute atomic E-state index is 14.8. The first-order valence-electron chi connectivity index (χ1n) is 11.9. The van der Waals surface area contributed by atoms with E-state index in [-0.39, 0.29) is 42.5 Å². The molecule has 0 unspecified atom stereocenters. The summed E-state index contributed by atoms with van der Waals surface area (Å²) in [5.41, 5.74) is -4.12. The number of hydrogen-bond acceptors (Lipinski definition) is 4. The Bertz CT molecular complexity index is 1310. The molecule has 1 heterocycles. The lowest BCUT2D eigenvalue weighted by Gasteiger charge is -2.26. The van der Waals surface area contributed by atoms with Crippen LogP contribution in [0, 0.1) is 11.6 Å². The highest BCUT2D eigenvalue weighted by Gasteiger charge is 2.52. The van der Waals surface area contributed by atoms with Gasteiger partial charge in [-0.1, -0.05) is 0 Å². The summed E-state index contributed by atoms with van der Waals surface area (Å²) in [6.07, 6.45) is -3.14. The molecule has 2 atom stereocenters. The number of hydrogen-bond donors (Lipinski definition) is 2. The molecule has 2 aromatic carbocycles. The van der Waals surface area contributed by atoms with E-state index in [0.717, 1.165) is 25.0 Å². The molecule has 2 aliphatic rings. The van der Waals surface area contributed by atoms with Crippen molar-refractivity contribution >= 4 is 23.6 Å². The smallest absolute Gasteiger partial charge is 0.338 e. The Kier molecular flexibility index (Phi) is 7.02. The van der Waals surface area contributed by atoms with Crippen LogP contribution >= 0.6 is 0 Å². The molecule has 4 amide bonds. The van der Waals surface area contributed by atoms with Crippen LogP contribution in [0.5, 0.6) is 0 Å². The van der Waals surface area contributed by atoms with Crippen LogP contribution in [-0.2, 0) is 11.0 Å². The zero-order valence-electron chi connectivity index (χ0n) is 20.4. The summed E-state index contributed by atoms with van der Waals surface area (Å²) in [5, 5.41) is 4.22. The van der Waals surface area contributed by atoms with Gasteiger partial charge in [0.25, 0.3) is 23.6 Å². The zero-order valence-corrected chi connectivity index (χ0v) is 20.4. The second-order valence-electron chi connectivity index (χ2n) is 9.73. The minimum absolute atomic E-state index is 0.0153. The molecule has 2 aromatic rings. The largest absolute Gasteiger partial charge is 0.416 e. The number of rotatable bonds is 5. The van der Waals surface area contributed by atoms with E-state index in [4.69, 9.17) is 0 Å². The van der Waals surface area contributed by atoms with Crippen LogP contribution in [0.25, 0.3) is 0 Å². The van der Waals surface area contributed by atoms with Gasteiger partial charge in [0.15, 0.2) is 0 Å². The Balaban J connectivity index is 1.44. The molecule has 2 fully saturated rings. The van der Waals surface area contributed by atoms with Crippen LogP contribution in [0.15, 0.2) is 36.4 Å². The average molecular weight is 537 g/mol. The summed E-state index contributed by atoms with van der Waals surface area (Å²) in [6, 6.07) is 4.49. The lowest BCUT2D eigenvalue weighted by atomic mass is 10.1. The third kappa shape index (κ3) is 5.39. The fourth-order valence-corrected chi connectivity index (χ4v) is 4.57. The standard InChI is InChI=1S/C26H24F5N3O4/c1-13-3-4-14(2)34(13)23(37)15-5-6-19(20(28)11-15)22(36)32-24(38)25(7-8-25)33-21(35)16-9-17(26(29,30)31)12-18(27)10-16/h5-6,9-14H,3-4,7-8H2,1-2H3,(H,33,35)(H,32,36,38)/t13-,14+. The number of alkyl halides is 3. The maximum atomic E-state index is 14.8. The molecular formula is C26H24F5N3O4. The molecule has 0 aromatic heterocycles. The number of benzene rings is 2. The van der Waals surface area contributed by atoms with Gasteiger partial charge < -0.3 is 10.2 Å². The van der Waals surface area contributed by atoms with Gasteiger partial charge in [-0.15, -0.1) is 0 Å². The maximum Gasteiger partial charge on any atom is 0.416 e. The number of carbonyl (C=O) groups excluding carboxylic acids is 4. The van der Waals surface area contributed by atoms with Gasteiger partial charge in [0.05, 0.1) is 11.1 Å². The van der Waals surface area contributed by atoms with Gasteiger partial charge >= 0.3 is 6.18 Å². The molecule has 1 aliphatic heterocycles. The summed E-state index contributed by atoms with van der Waals surface area (Å²) in [6.45, 7) is 3.78. The predicted octanol–water partition coefficient (Wildman–Crippen LogP) is 4.22. The van der Waals surface area contributed by atoms with Crippen molar-refractivity contribution in [1.29, 1.82) is 0 Å². The molecule has 4 rings (SSSR count). The number of imide groups is 1. The van der Waals surface area contributed by atoms with Crippen LogP contribution in [0.1, 0.15) is 76.2 Å². The minimum atomic E-state index is -4.90. The third-order valence-electron chi connectivity index (χ3n) is 6.90. The van der Waals surface area contributed by atoms with Gasteiger partial charge in [-0.25, -0.2) is 8.78 Å². The Hall–Kier alpha value is -3.83. The SMILES string of the molecule is C[C@@H]1CC[C@H](C)N1C(=O)c1ccc(C(=O)NC(=O)C2(NC(=O)c3cc(F)cc(C(F)(F)F)c3)CC2)c(F)c1. The van der Waals surface area contributed by atoms with Gasteiger partial charge in [0, 0.05) is 23.2 Å². The first kappa shape index (κ1) is 27.2. The molecule has 1 saturated carbocycles. The van der Waals surface area contributed by atoms with E-state index in [9.17, 15) is 41.1 Å². The lowest BCUT2D eigenvalue weighted by Crippen LogP contribution is -2.50. The Labute approximate surface area is 214 Å². The molecule has 1 saturated heterocycles. The Morgan fingerprint density at radius 1 is 0.895 bits per heavy atom. The van der Waals surface area contributed by atoms with Crippen molar-refractivity contribution in [3.63, 3.8) is 0 Å². The van der Waals surface area contributed by atoms with Gasteiger partial charge in [0.1, 0.15) is 17.2 Å². The molecule has 0 bridgehead atoms. The normalized spacial score (nSPS) is 20.1. The first-order valence-corrected chi connectivity index (χ1v) is 11.9. The van der Waals surface area contributed by atoms with E-state index in [2.05, 4.69) is 5.32 Å². The van der Waals surface area contributed by atoms with Crippen LogP contribution in [0.4, 0.5) is 22.0 Å². The second kappa shape index (κ2) is 9.80. The molecule has 12 heteroatoms. The van der Waals surface area contributed by atoms with E-state index < -0.39 is 57.8 Å². The molecule has 7 nitrogen and oxygen atoms in total. The van der Waals surface area contributed by atoms with Crippen LogP contribution in [0.3, 0.4) is 0 Å². The van der Waals surface area contributed by atoms with Crippen LogP contribution in [0.2, 0.25) is 0 Å². The highest BCUT2D eigenvalue weighted by Crippen LogP contribution is 2.37. The molecule has 0 radical (unpaired) electrons. The van der Waals surface area contributed by atoms with Crippen LogP contribution in [-0.4, -0.2) is 46.2 Å². The molecular weight excluding hydrogens is 513 g/mol. The van der Waals surface area contributed by atoms with Crippen molar-refractivity contribution in [3.05, 3.63) is 70.3 Å². The third-order valence-corrected chi connectivity index (χ3v) is 6.90. The summed E-state index contributed by atoms with van der Waals surface area (Å²) >= 11 is 0. The molecule has 1 aliphatic carbocycles. The lowest BCUT2D eigenvalue weighted by molar-refractivity contribution is -0.137. The summed E-state index contributed by atoms with van der Waals surface area (Å²) in [5.74, 6) is -5.97. The summed E-state index contributed by atoms with van der Waals surface area (Å²) in [4.78, 5) is 52.3. The minimum Gasteiger partial charge on any atom is -0.338 e. The number of nitrogens with one attached hydrogen (secondary N) is 2. The van der Waals surface area contributed by atoms with E-state index in [0.29, 0.717) is 12.1 Å². The highest BCUT2D eigenvalue weighted by molar-refractivity contribution is 6.10. The highest BCUT2D eigenvalue weighted by atomic mass is 19.4. The Morgan fingerprint density at radius 3 is 2.08 bits per heavy atom. The second-order valence-corrected chi connectivity index (χ2v) is 9.73. The Morgan fingerprint density at radius 2 is 1.53 bits per heavy atom. The predicted molar refractivity (Wildman–Crippen MR) is 124 cm³/mol. The topological polar surface area (TPSA) is 95.6 Å². The van der Waals surface area contributed by atoms with Crippen LogP contribution < -0.4 is 10.6 Å². The van der Waals surface area contributed by atoms with E-state index in [1.54, 1.807) is 4.90 Å². The van der Waals surface area contributed by atoms with Crippen molar-refractivity contribution in [2.45, 2.75) is 63.3 Å². The van der Waals surface area contributed by atoms with E-state index in [1.165, 1.54) is 6.07 Å². The molecule has 38 heavy (non-hydrogen) atoms. The van der Waals surface area contributed by atoms with E-state index in [1.807, 2.05) is 19.2 Å². The number of nitrogens with zero attached hydrogens (tertiary/aromatic N) is 1. The monoisotopic (exact) mass is 537 g/mol. The van der Waals surface area contributed by atoms with Crippen molar-refractivity contribution in [2.75, 3.05) is 0 Å². The first-order chi connectivity index (χ1) is 17.7. The van der Waals surface area contributed by atoms with Crippen molar-refractivity contribution < 1.29 is 41.1 Å². The fourth-order valence-electron chi connectivity index (χ4n) is 4.57. The van der Waals surface area contributed by atoms with Gasteiger partial charge in [0.2, 0.25) is 0 Å². The number of carbonyl (C=O) groups is 4. The molecule has 0 spiro atoms. The number of likely N-dealkylation sites (tertiary alicyclic amines) is 1. The van der Waals surface area contributed by atoms with Gasteiger partial charge in [-0.3, -0.25) is 24.5 Å². The molecule has 2 N–H and O–H groups in total. The fraction of sp³-hybridized carbons (Fsp3) is 0.385. The zero-order chi connectivity index (χ0) is 28.0. The van der Waals surface area contributed by atoms with E-state index >= 15 is 0 Å². The summed E-state index contributed by atoms with van der Waals surface area (Å²) < 4.78 is 67.3. The molecule has 202 valence electrons.